The zero-order chi connectivity index (χ0) is 12.3. The molecule has 1 N–H and O–H groups in total. The minimum absolute atomic E-state index is 0.0381. The van der Waals surface area contributed by atoms with Crippen molar-refractivity contribution in [1.29, 1.82) is 0 Å². The number of hydrogen-bond donors (Lipinski definition) is 1. The number of rotatable bonds is 4. The number of aliphatic carboxylic acids is 1. The molecule has 1 aromatic carbocycles. The largest absolute Gasteiger partial charge is 0.491 e. The van der Waals surface area contributed by atoms with Crippen LogP contribution in [0.5, 0.6) is 5.75 Å². The highest BCUT2D eigenvalue weighted by Crippen LogP contribution is 2.33. The van der Waals surface area contributed by atoms with Crippen molar-refractivity contribution in [3.05, 3.63) is 29.8 Å². The van der Waals surface area contributed by atoms with E-state index < -0.39 is 11.6 Å². The molecule has 1 unspecified atom stereocenters. The number of hydrogen-bond acceptors (Lipinski definition) is 2. The monoisotopic (exact) mass is 226 g/mol. The maximum absolute atomic E-state index is 14.0. The number of halogens is 1. The fraction of sp³-hybridized carbons (Fsp3) is 0.417. The van der Waals surface area contributed by atoms with Crippen LogP contribution in [0, 0.1) is 0 Å². The number of carbonyl (C=O) groups is 1. The van der Waals surface area contributed by atoms with Gasteiger partial charge in [-0.3, -0.25) is 0 Å². The van der Waals surface area contributed by atoms with Crippen LogP contribution in [0.4, 0.5) is 4.39 Å². The molecule has 1 rings (SSSR count). The zero-order valence-corrected chi connectivity index (χ0v) is 9.53. The Bertz CT molecular complexity index is 386. The van der Waals surface area contributed by atoms with E-state index in [1.54, 1.807) is 32.0 Å². The van der Waals surface area contributed by atoms with E-state index in [0.717, 1.165) is 6.92 Å². The topological polar surface area (TPSA) is 46.5 Å². The molecule has 0 spiro atoms. The Morgan fingerprint density at radius 1 is 1.44 bits per heavy atom. The second kappa shape index (κ2) is 4.51. The highest BCUT2D eigenvalue weighted by atomic mass is 19.1. The quantitative estimate of drug-likeness (QED) is 0.858. The van der Waals surface area contributed by atoms with Gasteiger partial charge in [-0.2, -0.15) is 0 Å². The van der Waals surface area contributed by atoms with Crippen LogP contribution in [0.15, 0.2) is 24.3 Å². The highest BCUT2D eigenvalue weighted by molar-refractivity contribution is 5.79. The lowest BCUT2D eigenvalue weighted by molar-refractivity contribution is -0.150. The Hall–Kier alpha value is -1.58. The summed E-state index contributed by atoms with van der Waals surface area (Å²) >= 11 is 0. The van der Waals surface area contributed by atoms with E-state index in [1.165, 1.54) is 6.07 Å². The molecule has 16 heavy (non-hydrogen) atoms. The summed E-state index contributed by atoms with van der Waals surface area (Å²) in [7, 11) is 0. The van der Waals surface area contributed by atoms with Crippen LogP contribution in [-0.2, 0) is 10.5 Å². The SMILES string of the molecule is CC(C)Oc1ccccc1C(C)(F)C(=O)O. The lowest BCUT2D eigenvalue weighted by Gasteiger charge is -2.20. The van der Waals surface area contributed by atoms with Gasteiger partial charge in [0, 0.05) is 5.56 Å². The first-order valence-electron chi connectivity index (χ1n) is 5.04. The Morgan fingerprint density at radius 3 is 2.50 bits per heavy atom. The third-order valence-corrected chi connectivity index (χ3v) is 2.16. The van der Waals surface area contributed by atoms with Crippen molar-refractivity contribution in [1.82, 2.24) is 0 Å². The molecule has 0 saturated carbocycles. The van der Waals surface area contributed by atoms with Crippen molar-refractivity contribution < 1.29 is 19.0 Å². The first kappa shape index (κ1) is 12.5. The van der Waals surface area contributed by atoms with Gasteiger partial charge in [-0.15, -0.1) is 0 Å². The van der Waals surface area contributed by atoms with Crippen molar-refractivity contribution in [2.45, 2.75) is 32.5 Å². The van der Waals surface area contributed by atoms with E-state index in [-0.39, 0.29) is 17.4 Å². The second-order valence-corrected chi connectivity index (χ2v) is 3.97. The number of ether oxygens (including phenoxy) is 1. The van der Waals surface area contributed by atoms with Crippen LogP contribution in [0.1, 0.15) is 26.3 Å². The summed E-state index contributed by atoms with van der Waals surface area (Å²) in [6.45, 7) is 4.61. The van der Waals surface area contributed by atoms with Gasteiger partial charge in [0.05, 0.1) is 6.10 Å². The van der Waals surface area contributed by atoms with Crippen molar-refractivity contribution in [3.8, 4) is 5.75 Å². The van der Waals surface area contributed by atoms with Gasteiger partial charge in [0.1, 0.15) is 5.75 Å². The molecule has 0 bridgehead atoms. The second-order valence-electron chi connectivity index (χ2n) is 3.97. The number of para-hydroxylation sites is 1. The van der Waals surface area contributed by atoms with Crippen LogP contribution >= 0.6 is 0 Å². The average Bonchev–Trinajstić information content (AvgIpc) is 2.17. The van der Waals surface area contributed by atoms with Crippen LogP contribution in [0.3, 0.4) is 0 Å². The van der Waals surface area contributed by atoms with Gasteiger partial charge in [0.15, 0.2) is 0 Å². The number of benzene rings is 1. The standard InChI is InChI=1S/C12H15FO3/c1-8(2)16-10-7-5-4-6-9(10)12(3,13)11(14)15/h4-8H,1-3H3,(H,14,15). The first-order valence-corrected chi connectivity index (χ1v) is 5.04. The molecular formula is C12H15FO3. The molecule has 0 amide bonds. The average molecular weight is 226 g/mol. The molecule has 0 aliphatic carbocycles. The third kappa shape index (κ3) is 2.51. The van der Waals surface area contributed by atoms with Crippen LogP contribution in [0.2, 0.25) is 0 Å². The molecule has 4 heteroatoms. The van der Waals surface area contributed by atoms with E-state index >= 15 is 0 Å². The molecule has 3 nitrogen and oxygen atoms in total. The predicted molar refractivity (Wildman–Crippen MR) is 58.3 cm³/mol. The van der Waals surface area contributed by atoms with E-state index in [0.29, 0.717) is 0 Å². The van der Waals surface area contributed by atoms with E-state index in [1.807, 2.05) is 0 Å². The van der Waals surface area contributed by atoms with Gasteiger partial charge in [-0.25, -0.2) is 9.18 Å². The normalized spacial score (nSPS) is 14.6. The van der Waals surface area contributed by atoms with Crippen LogP contribution in [-0.4, -0.2) is 17.2 Å². The summed E-state index contributed by atoms with van der Waals surface area (Å²) in [5.41, 5.74) is -2.40. The van der Waals surface area contributed by atoms with Crippen molar-refractivity contribution in [2.75, 3.05) is 0 Å². The van der Waals surface area contributed by atoms with Gasteiger partial charge in [0.25, 0.3) is 0 Å². The molecule has 1 aromatic rings. The van der Waals surface area contributed by atoms with Crippen molar-refractivity contribution >= 4 is 5.97 Å². The zero-order valence-electron chi connectivity index (χ0n) is 9.53. The van der Waals surface area contributed by atoms with Crippen LogP contribution in [0.25, 0.3) is 0 Å². The van der Waals surface area contributed by atoms with E-state index in [2.05, 4.69) is 0 Å². The summed E-state index contributed by atoms with van der Waals surface area (Å²) in [5, 5.41) is 8.82. The summed E-state index contributed by atoms with van der Waals surface area (Å²) in [6, 6.07) is 6.25. The molecule has 0 saturated heterocycles. The first-order chi connectivity index (χ1) is 7.35. The Labute approximate surface area is 93.9 Å². The van der Waals surface area contributed by atoms with Gasteiger partial charge < -0.3 is 9.84 Å². The molecule has 0 heterocycles. The molecule has 0 aromatic heterocycles. The van der Waals surface area contributed by atoms with Gasteiger partial charge in [-0.05, 0) is 26.8 Å². The summed E-state index contributed by atoms with van der Waals surface area (Å²) in [5.74, 6) is -1.25. The molecule has 0 fully saturated rings. The minimum Gasteiger partial charge on any atom is -0.491 e. The minimum atomic E-state index is -2.44. The lowest BCUT2D eigenvalue weighted by atomic mass is 9.97. The molecule has 88 valence electrons. The van der Waals surface area contributed by atoms with Crippen molar-refractivity contribution in [2.24, 2.45) is 0 Å². The lowest BCUT2D eigenvalue weighted by Crippen LogP contribution is -2.28. The number of carboxylic acids is 1. The molecule has 0 aliphatic rings. The molecule has 0 aliphatic heterocycles. The van der Waals surface area contributed by atoms with Gasteiger partial charge in [-0.1, -0.05) is 18.2 Å². The summed E-state index contributed by atoms with van der Waals surface area (Å²) < 4.78 is 19.4. The molecule has 0 radical (unpaired) electrons. The van der Waals surface area contributed by atoms with E-state index in [9.17, 15) is 9.18 Å². The van der Waals surface area contributed by atoms with Crippen molar-refractivity contribution in [3.63, 3.8) is 0 Å². The Morgan fingerprint density at radius 2 is 2.00 bits per heavy atom. The highest BCUT2D eigenvalue weighted by Gasteiger charge is 2.37. The molecular weight excluding hydrogens is 211 g/mol. The van der Waals surface area contributed by atoms with Gasteiger partial charge in [0.2, 0.25) is 5.67 Å². The number of alkyl halides is 1. The third-order valence-electron chi connectivity index (χ3n) is 2.16. The predicted octanol–water partition coefficient (Wildman–Crippen LogP) is 2.74. The Balaban J connectivity index is 3.17. The maximum atomic E-state index is 14.0. The van der Waals surface area contributed by atoms with Gasteiger partial charge >= 0.3 is 5.97 Å². The number of carboxylic acid groups (broad SMARTS) is 1. The van der Waals surface area contributed by atoms with E-state index in [4.69, 9.17) is 9.84 Å². The maximum Gasteiger partial charge on any atom is 0.346 e. The summed E-state index contributed by atoms with van der Waals surface area (Å²) in [4.78, 5) is 10.8. The fourth-order valence-corrected chi connectivity index (χ4v) is 1.33. The smallest absolute Gasteiger partial charge is 0.346 e. The Kier molecular flexibility index (Phi) is 3.52. The fourth-order valence-electron chi connectivity index (χ4n) is 1.33. The van der Waals surface area contributed by atoms with Crippen LogP contribution < -0.4 is 4.74 Å². The summed E-state index contributed by atoms with van der Waals surface area (Å²) in [6.07, 6.45) is -0.134. The molecule has 1 atom stereocenters.